The van der Waals surface area contributed by atoms with Gasteiger partial charge in [-0.25, -0.2) is 4.79 Å². The predicted molar refractivity (Wildman–Crippen MR) is 83.6 cm³/mol. The number of carbonyl (C=O) groups is 2. The van der Waals surface area contributed by atoms with Gasteiger partial charge in [0.15, 0.2) is 5.78 Å². The second-order valence-electron chi connectivity index (χ2n) is 4.99. The molecule has 0 heterocycles. The van der Waals surface area contributed by atoms with E-state index in [-0.39, 0.29) is 18.0 Å². The molecule has 0 atom stereocenters. The number of ketones is 1. The third-order valence-electron chi connectivity index (χ3n) is 3.43. The van der Waals surface area contributed by atoms with Crippen LogP contribution in [-0.2, 0) is 13.0 Å². The van der Waals surface area contributed by atoms with Crippen LogP contribution in [0.1, 0.15) is 45.7 Å². The van der Waals surface area contributed by atoms with E-state index in [2.05, 4.69) is 0 Å². The van der Waals surface area contributed by atoms with Gasteiger partial charge in [0.2, 0.25) is 0 Å². The van der Waals surface area contributed by atoms with Crippen LogP contribution in [0.4, 0.5) is 0 Å². The molecule has 0 spiro atoms. The van der Waals surface area contributed by atoms with Gasteiger partial charge in [0, 0.05) is 5.56 Å². The van der Waals surface area contributed by atoms with Crippen LogP contribution >= 0.6 is 0 Å². The summed E-state index contributed by atoms with van der Waals surface area (Å²) in [6.45, 7) is 3.64. The summed E-state index contributed by atoms with van der Waals surface area (Å²) in [4.78, 5) is 23.1. The number of aromatic carboxylic acids is 1. The van der Waals surface area contributed by atoms with Crippen LogP contribution < -0.4 is 4.74 Å². The molecule has 0 aliphatic rings. The van der Waals surface area contributed by atoms with E-state index in [0.29, 0.717) is 17.7 Å². The molecule has 0 amide bonds. The van der Waals surface area contributed by atoms with E-state index < -0.39 is 5.97 Å². The summed E-state index contributed by atoms with van der Waals surface area (Å²) in [5.41, 5.74) is 2.19. The Morgan fingerprint density at radius 2 is 1.77 bits per heavy atom. The van der Waals surface area contributed by atoms with Crippen molar-refractivity contribution in [3.63, 3.8) is 0 Å². The van der Waals surface area contributed by atoms with Crippen molar-refractivity contribution in [2.75, 3.05) is 0 Å². The minimum absolute atomic E-state index is 0.0123. The van der Waals surface area contributed by atoms with Gasteiger partial charge in [-0.05, 0) is 36.6 Å². The molecular formula is C18H18O4. The lowest BCUT2D eigenvalue weighted by molar-refractivity contribution is 0.0691. The average molecular weight is 298 g/mol. The van der Waals surface area contributed by atoms with E-state index in [4.69, 9.17) is 4.74 Å². The van der Waals surface area contributed by atoms with Crippen molar-refractivity contribution in [2.45, 2.75) is 26.9 Å². The SMILES string of the molecule is CCc1cc(OCc2ccccc2)c(C(=O)O)cc1C(C)=O. The monoisotopic (exact) mass is 298 g/mol. The van der Waals surface area contributed by atoms with E-state index in [9.17, 15) is 14.7 Å². The van der Waals surface area contributed by atoms with Crippen LogP contribution in [0.25, 0.3) is 0 Å². The first kappa shape index (κ1) is 15.8. The van der Waals surface area contributed by atoms with E-state index in [1.807, 2.05) is 37.3 Å². The first-order valence-corrected chi connectivity index (χ1v) is 7.10. The maximum absolute atomic E-state index is 11.7. The van der Waals surface area contributed by atoms with Crippen LogP contribution in [0.5, 0.6) is 5.75 Å². The number of Topliss-reactive ketones (excluding diaryl/α,β-unsaturated/α-hetero) is 1. The molecule has 0 bridgehead atoms. The van der Waals surface area contributed by atoms with Gasteiger partial charge < -0.3 is 9.84 Å². The van der Waals surface area contributed by atoms with Crippen molar-refractivity contribution in [3.8, 4) is 5.75 Å². The van der Waals surface area contributed by atoms with Crippen molar-refractivity contribution < 1.29 is 19.4 Å². The van der Waals surface area contributed by atoms with Crippen LogP contribution in [0.3, 0.4) is 0 Å². The molecule has 2 aromatic carbocycles. The number of benzene rings is 2. The highest BCUT2D eigenvalue weighted by molar-refractivity contribution is 6.00. The molecule has 0 aliphatic heterocycles. The number of ether oxygens (including phenoxy) is 1. The fourth-order valence-electron chi connectivity index (χ4n) is 2.26. The van der Waals surface area contributed by atoms with Crippen LogP contribution in [0.2, 0.25) is 0 Å². The van der Waals surface area contributed by atoms with Crippen molar-refractivity contribution in [3.05, 3.63) is 64.7 Å². The first-order chi connectivity index (χ1) is 10.5. The zero-order valence-electron chi connectivity index (χ0n) is 12.6. The molecule has 0 radical (unpaired) electrons. The lowest BCUT2D eigenvalue weighted by Gasteiger charge is -2.13. The lowest BCUT2D eigenvalue weighted by Crippen LogP contribution is -2.08. The minimum atomic E-state index is -1.10. The standard InChI is InChI=1S/C18H18O4/c1-3-14-9-17(22-11-13-7-5-4-6-8-13)16(18(20)21)10-15(14)12(2)19/h4-10H,3,11H2,1-2H3,(H,20,21). The molecule has 0 fully saturated rings. The van der Waals surface area contributed by atoms with Gasteiger partial charge in [-0.3, -0.25) is 4.79 Å². The zero-order valence-corrected chi connectivity index (χ0v) is 12.6. The molecule has 0 aromatic heterocycles. The Bertz CT molecular complexity index is 690. The van der Waals surface area contributed by atoms with Crippen molar-refractivity contribution in [1.29, 1.82) is 0 Å². The van der Waals surface area contributed by atoms with Crippen LogP contribution in [-0.4, -0.2) is 16.9 Å². The third kappa shape index (κ3) is 3.52. The Labute approximate surface area is 129 Å². The largest absolute Gasteiger partial charge is 0.488 e. The minimum Gasteiger partial charge on any atom is -0.488 e. The van der Waals surface area contributed by atoms with Gasteiger partial charge in [-0.15, -0.1) is 0 Å². The zero-order chi connectivity index (χ0) is 16.1. The predicted octanol–water partition coefficient (Wildman–Crippen LogP) is 3.73. The molecule has 0 saturated heterocycles. The fraction of sp³-hybridized carbons (Fsp3) is 0.222. The van der Waals surface area contributed by atoms with Crippen molar-refractivity contribution >= 4 is 11.8 Å². The number of hydrogen-bond donors (Lipinski definition) is 1. The normalized spacial score (nSPS) is 10.3. The molecule has 114 valence electrons. The van der Waals surface area contributed by atoms with E-state index in [0.717, 1.165) is 11.1 Å². The number of hydrogen-bond acceptors (Lipinski definition) is 3. The number of carboxylic acids is 1. The summed E-state index contributed by atoms with van der Waals surface area (Å²) in [6.07, 6.45) is 0.635. The molecule has 4 heteroatoms. The highest BCUT2D eigenvalue weighted by Gasteiger charge is 2.17. The van der Waals surface area contributed by atoms with Gasteiger partial charge in [-0.1, -0.05) is 37.3 Å². The Morgan fingerprint density at radius 1 is 1.09 bits per heavy atom. The number of carbonyl (C=O) groups excluding carboxylic acids is 1. The maximum Gasteiger partial charge on any atom is 0.339 e. The second kappa shape index (κ2) is 6.89. The molecule has 0 aliphatic carbocycles. The van der Waals surface area contributed by atoms with Gasteiger partial charge in [0.1, 0.15) is 17.9 Å². The molecule has 4 nitrogen and oxygen atoms in total. The number of carboxylic acid groups (broad SMARTS) is 1. The molecule has 0 unspecified atom stereocenters. The molecule has 0 saturated carbocycles. The Kier molecular flexibility index (Phi) is 4.94. The Hall–Kier alpha value is -2.62. The smallest absolute Gasteiger partial charge is 0.339 e. The Morgan fingerprint density at radius 3 is 2.32 bits per heavy atom. The summed E-state index contributed by atoms with van der Waals surface area (Å²) in [6, 6.07) is 12.6. The fourth-order valence-corrected chi connectivity index (χ4v) is 2.26. The Balaban J connectivity index is 2.36. The molecule has 1 N–H and O–H groups in total. The molecular weight excluding hydrogens is 280 g/mol. The van der Waals surface area contributed by atoms with Gasteiger partial charge >= 0.3 is 5.97 Å². The quantitative estimate of drug-likeness (QED) is 0.825. The third-order valence-corrected chi connectivity index (χ3v) is 3.43. The second-order valence-corrected chi connectivity index (χ2v) is 4.99. The number of rotatable bonds is 6. The summed E-state index contributed by atoms with van der Waals surface area (Å²) in [7, 11) is 0. The van der Waals surface area contributed by atoms with Gasteiger partial charge in [0.05, 0.1) is 0 Å². The topological polar surface area (TPSA) is 63.6 Å². The number of aryl methyl sites for hydroxylation is 1. The summed E-state index contributed by atoms with van der Waals surface area (Å²) in [5.74, 6) is -0.958. The van der Waals surface area contributed by atoms with E-state index >= 15 is 0 Å². The average Bonchev–Trinajstić information content (AvgIpc) is 2.52. The van der Waals surface area contributed by atoms with E-state index in [1.165, 1.54) is 13.0 Å². The molecule has 2 aromatic rings. The summed E-state index contributed by atoms with van der Waals surface area (Å²) in [5, 5.41) is 9.34. The first-order valence-electron chi connectivity index (χ1n) is 7.10. The van der Waals surface area contributed by atoms with Crippen molar-refractivity contribution in [1.82, 2.24) is 0 Å². The molecule has 22 heavy (non-hydrogen) atoms. The summed E-state index contributed by atoms with van der Waals surface area (Å²) >= 11 is 0. The molecule has 2 rings (SSSR count). The highest BCUT2D eigenvalue weighted by atomic mass is 16.5. The van der Waals surface area contributed by atoms with Crippen LogP contribution in [0, 0.1) is 0 Å². The van der Waals surface area contributed by atoms with Gasteiger partial charge in [0.25, 0.3) is 0 Å². The highest BCUT2D eigenvalue weighted by Crippen LogP contribution is 2.26. The maximum atomic E-state index is 11.7. The summed E-state index contributed by atoms with van der Waals surface area (Å²) < 4.78 is 5.67. The van der Waals surface area contributed by atoms with E-state index in [1.54, 1.807) is 6.07 Å². The van der Waals surface area contributed by atoms with Crippen molar-refractivity contribution in [2.24, 2.45) is 0 Å². The van der Waals surface area contributed by atoms with Crippen LogP contribution in [0.15, 0.2) is 42.5 Å². The lowest BCUT2D eigenvalue weighted by atomic mass is 9.98. The van der Waals surface area contributed by atoms with Gasteiger partial charge in [-0.2, -0.15) is 0 Å².